The molecule has 2 aromatic rings. The van der Waals surface area contributed by atoms with Crippen LogP contribution in [0.15, 0.2) is 35.4 Å². The molecule has 1 unspecified atom stereocenters. The maximum absolute atomic E-state index is 12.3. The number of nitriles is 1. The second kappa shape index (κ2) is 6.35. The van der Waals surface area contributed by atoms with Crippen LogP contribution in [0.4, 0.5) is 0 Å². The molecule has 2 rings (SSSR count). The highest BCUT2D eigenvalue weighted by atomic mass is 32.2. The van der Waals surface area contributed by atoms with Crippen LogP contribution >= 0.6 is 11.3 Å². The van der Waals surface area contributed by atoms with E-state index in [2.05, 4.69) is 9.71 Å². The fourth-order valence-corrected chi connectivity index (χ4v) is 3.89. The number of thiazole rings is 1. The van der Waals surface area contributed by atoms with Crippen LogP contribution in [0.25, 0.3) is 0 Å². The molecule has 0 amide bonds. The average Bonchev–Trinajstić information content (AvgIpc) is 2.96. The minimum atomic E-state index is -3.62. The standard InChI is InChI=1S/C14H15N3O2S2/c1-3-12-9-16-14(20-12)10(2)17-21(18,19)13-6-4-11(8-15)5-7-13/h4-7,9-10,17H,3H2,1-2H3. The molecule has 1 N–H and O–H groups in total. The van der Waals surface area contributed by atoms with Gasteiger partial charge in [0.2, 0.25) is 10.0 Å². The summed E-state index contributed by atoms with van der Waals surface area (Å²) < 4.78 is 27.2. The normalized spacial score (nSPS) is 12.8. The molecule has 5 nitrogen and oxygen atoms in total. The van der Waals surface area contributed by atoms with Gasteiger partial charge in [-0.25, -0.2) is 18.1 Å². The second-order valence-corrected chi connectivity index (χ2v) is 7.36. The van der Waals surface area contributed by atoms with Crippen LogP contribution in [-0.4, -0.2) is 13.4 Å². The lowest BCUT2D eigenvalue weighted by Crippen LogP contribution is -2.26. The van der Waals surface area contributed by atoms with Crippen molar-refractivity contribution >= 4 is 21.4 Å². The van der Waals surface area contributed by atoms with Crippen molar-refractivity contribution in [3.63, 3.8) is 0 Å². The molecule has 0 fully saturated rings. The summed E-state index contributed by atoms with van der Waals surface area (Å²) in [6.07, 6.45) is 2.65. The quantitative estimate of drug-likeness (QED) is 0.917. The molecule has 7 heteroatoms. The molecular formula is C14H15N3O2S2. The molecular weight excluding hydrogens is 306 g/mol. The third-order valence-electron chi connectivity index (χ3n) is 2.92. The van der Waals surface area contributed by atoms with Crippen LogP contribution in [0.3, 0.4) is 0 Å². The molecule has 1 atom stereocenters. The molecule has 0 spiro atoms. The van der Waals surface area contributed by atoms with E-state index < -0.39 is 16.1 Å². The summed E-state index contributed by atoms with van der Waals surface area (Å²) in [5.74, 6) is 0. The van der Waals surface area contributed by atoms with Gasteiger partial charge in [-0.2, -0.15) is 5.26 Å². The Morgan fingerprint density at radius 1 is 1.38 bits per heavy atom. The fourth-order valence-electron chi connectivity index (χ4n) is 1.75. The summed E-state index contributed by atoms with van der Waals surface area (Å²) in [4.78, 5) is 5.50. The van der Waals surface area contributed by atoms with E-state index >= 15 is 0 Å². The Labute approximate surface area is 128 Å². The van der Waals surface area contributed by atoms with Crippen LogP contribution < -0.4 is 4.72 Å². The third kappa shape index (κ3) is 3.67. The second-order valence-electron chi connectivity index (χ2n) is 4.50. The predicted octanol–water partition coefficient (Wildman–Crippen LogP) is 2.62. The number of aromatic nitrogens is 1. The minimum Gasteiger partial charge on any atom is -0.248 e. The SMILES string of the molecule is CCc1cnc(C(C)NS(=O)(=O)c2ccc(C#N)cc2)s1. The zero-order chi connectivity index (χ0) is 15.5. The lowest BCUT2D eigenvalue weighted by atomic mass is 10.2. The van der Waals surface area contributed by atoms with Gasteiger partial charge in [0.15, 0.2) is 0 Å². The average molecular weight is 321 g/mol. The minimum absolute atomic E-state index is 0.139. The van der Waals surface area contributed by atoms with Gasteiger partial charge in [0.1, 0.15) is 5.01 Å². The highest BCUT2D eigenvalue weighted by Gasteiger charge is 2.20. The first-order valence-corrected chi connectivity index (χ1v) is 8.73. The molecule has 0 bridgehead atoms. The lowest BCUT2D eigenvalue weighted by molar-refractivity contribution is 0.566. The van der Waals surface area contributed by atoms with Crippen LogP contribution in [0.5, 0.6) is 0 Å². The van der Waals surface area contributed by atoms with E-state index in [4.69, 9.17) is 5.26 Å². The van der Waals surface area contributed by atoms with Crippen molar-refractivity contribution in [2.24, 2.45) is 0 Å². The summed E-state index contributed by atoms with van der Waals surface area (Å²) in [5.41, 5.74) is 0.425. The highest BCUT2D eigenvalue weighted by Crippen LogP contribution is 2.22. The van der Waals surface area contributed by atoms with Gasteiger partial charge in [-0.15, -0.1) is 11.3 Å². The van der Waals surface area contributed by atoms with E-state index in [1.54, 1.807) is 13.1 Å². The van der Waals surface area contributed by atoms with Crippen molar-refractivity contribution in [3.05, 3.63) is 45.9 Å². The molecule has 110 valence electrons. The number of nitrogens with zero attached hydrogens (tertiary/aromatic N) is 2. The smallest absolute Gasteiger partial charge is 0.241 e. The van der Waals surface area contributed by atoms with E-state index in [1.807, 2.05) is 13.0 Å². The van der Waals surface area contributed by atoms with E-state index in [0.717, 1.165) is 16.3 Å². The van der Waals surface area contributed by atoms with Crippen LogP contribution in [0.2, 0.25) is 0 Å². The Bertz CT molecular complexity index is 758. The van der Waals surface area contributed by atoms with Crippen molar-refractivity contribution in [2.45, 2.75) is 31.2 Å². The van der Waals surface area contributed by atoms with Crippen LogP contribution in [-0.2, 0) is 16.4 Å². The Kier molecular flexibility index (Phi) is 4.73. The third-order valence-corrected chi connectivity index (χ3v) is 5.80. The van der Waals surface area contributed by atoms with E-state index in [1.165, 1.54) is 35.6 Å². The van der Waals surface area contributed by atoms with Gasteiger partial charge >= 0.3 is 0 Å². The van der Waals surface area contributed by atoms with Gasteiger partial charge in [0, 0.05) is 11.1 Å². The first-order valence-electron chi connectivity index (χ1n) is 6.43. The first-order chi connectivity index (χ1) is 9.96. The molecule has 0 saturated heterocycles. The van der Waals surface area contributed by atoms with Gasteiger partial charge < -0.3 is 0 Å². The summed E-state index contributed by atoms with van der Waals surface area (Å²) in [6, 6.07) is 7.38. The van der Waals surface area contributed by atoms with Crippen LogP contribution in [0, 0.1) is 11.3 Å². The van der Waals surface area contributed by atoms with Gasteiger partial charge in [-0.1, -0.05) is 6.92 Å². The number of hydrogen-bond acceptors (Lipinski definition) is 5. The maximum Gasteiger partial charge on any atom is 0.241 e. The van der Waals surface area contributed by atoms with Gasteiger partial charge in [-0.3, -0.25) is 0 Å². The summed E-state index contributed by atoms with van der Waals surface area (Å²) in [5, 5.41) is 9.47. The molecule has 1 aromatic heterocycles. The monoisotopic (exact) mass is 321 g/mol. The topological polar surface area (TPSA) is 82.8 Å². The number of sulfonamides is 1. The number of aryl methyl sites for hydroxylation is 1. The molecule has 21 heavy (non-hydrogen) atoms. The Morgan fingerprint density at radius 3 is 2.57 bits per heavy atom. The van der Waals surface area contributed by atoms with E-state index in [0.29, 0.717) is 5.56 Å². The Balaban J connectivity index is 2.18. The lowest BCUT2D eigenvalue weighted by Gasteiger charge is -2.11. The molecule has 1 heterocycles. The maximum atomic E-state index is 12.3. The molecule has 0 aliphatic carbocycles. The van der Waals surface area contributed by atoms with Gasteiger partial charge in [0.05, 0.1) is 22.6 Å². The van der Waals surface area contributed by atoms with Gasteiger partial charge in [0.25, 0.3) is 0 Å². The molecule has 0 aliphatic rings. The zero-order valence-corrected chi connectivity index (χ0v) is 13.3. The number of hydrogen-bond donors (Lipinski definition) is 1. The van der Waals surface area contributed by atoms with Crippen LogP contribution in [0.1, 0.15) is 35.3 Å². The summed E-state index contributed by atoms with van der Waals surface area (Å²) >= 11 is 1.50. The molecule has 0 saturated carbocycles. The number of rotatable bonds is 5. The van der Waals surface area contributed by atoms with Crippen molar-refractivity contribution in [3.8, 4) is 6.07 Å². The van der Waals surface area contributed by atoms with E-state index in [-0.39, 0.29) is 4.90 Å². The Morgan fingerprint density at radius 2 is 2.05 bits per heavy atom. The van der Waals surface area contributed by atoms with E-state index in [9.17, 15) is 8.42 Å². The zero-order valence-electron chi connectivity index (χ0n) is 11.7. The van der Waals surface area contributed by atoms with Crippen molar-refractivity contribution in [1.29, 1.82) is 5.26 Å². The van der Waals surface area contributed by atoms with Gasteiger partial charge in [-0.05, 0) is 37.6 Å². The molecule has 0 radical (unpaired) electrons. The van der Waals surface area contributed by atoms with Crippen molar-refractivity contribution in [2.75, 3.05) is 0 Å². The fraction of sp³-hybridized carbons (Fsp3) is 0.286. The Hall–Kier alpha value is -1.75. The predicted molar refractivity (Wildman–Crippen MR) is 81.4 cm³/mol. The first kappa shape index (κ1) is 15.6. The molecule has 0 aliphatic heterocycles. The van der Waals surface area contributed by atoms with Crippen molar-refractivity contribution < 1.29 is 8.42 Å². The summed E-state index contributed by atoms with van der Waals surface area (Å²) in [7, 11) is -3.62. The van der Waals surface area contributed by atoms with Crippen molar-refractivity contribution in [1.82, 2.24) is 9.71 Å². The molecule has 1 aromatic carbocycles. The number of nitrogens with one attached hydrogen (secondary N) is 1. The summed E-state index contributed by atoms with van der Waals surface area (Å²) in [6.45, 7) is 3.79. The number of benzene rings is 1. The largest absolute Gasteiger partial charge is 0.248 e. The highest BCUT2D eigenvalue weighted by molar-refractivity contribution is 7.89.